The Bertz CT molecular complexity index is 942. The van der Waals surface area contributed by atoms with Gasteiger partial charge in [0.15, 0.2) is 5.78 Å². The second-order valence-corrected chi connectivity index (χ2v) is 7.49. The first kappa shape index (κ1) is 17.3. The highest BCUT2D eigenvalue weighted by Gasteiger charge is 2.30. The predicted octanol–water partition coefficient (Wildman–Crippen LogP) is 5.70. The van der Waals surface area contributed by atoms with Gasteiger partial charge >= 0.3 is 0 Å². The lowest BCUT2D eigenvalue weighted by Crippen LogP contribution is -2.15. The minimum absolute atomic E-state index is 0.175. The summed E-state index contributed by atoms with van der Waals surface area (Å²) in [5.74, 6) is -0.196. The Hall–Kier alpha value is -2.10. The number of carbonyl (C=O) groups is 2. The Balaban J connectivity index is 1.74. The van der Waals surface area contributed by atoms with Crippen LogP contribution in [0, 0.1) is 0 Å². The molecule has 26 heavy (non-hydrogen) atoms. The largest absolute Gasteiger partial charge is 0.321 e. The molecule has 0 fully saturated rings. The summed E-state index contributed by atoms with van der Waals surface area (Å²) in [6.45, 7) is 0. The van der Waals surface area contributed by atoms with Crippen LogP contribution in [0.3, 0.4) is 0 Å². The molecule has 0 spiro atoms. The number of carbonyl (C=O) groups excluding carboxylic acids is 2. The lowest BCUT2D eigenvalue weighted by Gasteiger charge is -2.14. The summed E-state index contributed by atoms with van der Waals surface area (Å²) in [4.78, 5) is 25.4. The molecule has 0 aromatic heterocycles. The topological polar surface area (TPSA) is 46.2 Å². The molecule has 0 bridgehead atoms. The highest BCUT2D eigenvalue weighted by molar-refractivity contribution is 6.40. The molecule has 1 N–H and O–H groups in total. The molecule has 132 valence electrons. The molecular formula is C21H17Cl2NO2. The van der Waals surface area contributed by atoms with Gasteiger partial charge in [-0.15, -0.1) is 0 Å². The van der Waals surface area contributed by atoms with Crippen molar-refractivity contribution in [2.45, 2.75) is 32.1 Å². The van der Waals surface area contributed by atoms with E-state index in [0.29, 0.717) is 22.2 Å². The number of rotatable bonds is 2. The van der Waals surface area contributed by atoms with Crippen LogP contribution in [-0.4, -0.2) is 11.7 Å². The normalized spacial score (nSPS) is 16.2. The van der Waals surface area contributed by atoms with Crippen molar-refractivity contribution in [3.05, 3.63) is 68.7 Å². The van der Waals surface area contributed by atoms with Gasteiger partial charge in [0, 0.05) is 23.2 Å². The zero-order valence-electron chi connectivity index (χ0n) is 14.1. The van der Waals surface area contributed by atoms with Crippen LogP contribution < -0.4 is 5.32 Å². The van der Waals surface area contributed by atoms with Crippen LogP contribution in [-0.2, 0) is 11.2 Å². The first-order valence-corrected chi connectivity index (χ1v) is 9.44. The highest BCUT2D eigenvalue weighted by Crippen LogP contribution is 2.42. The fourth-order valence-electron chi connectivity index (χ4n) is 3.84. The number of allylic oxidation sites excluding steroid dienone is 2. The number of amides is 1. The van der Waals surface area contributed by atoms with Gasteiger partial charge in [-0.3, -0.25) is 9.59 Å². The molecule has 2 aromatic carbocycles. The zero-order chi connectivity index (χ0) is 18.3. The number of Topliss-reactive ketones (excluding diaryl/α,β-unsaturated/α-hetero) is 1. The first-order valence-electron chi connectivity index (χ1n) is 8.69. The summed E-state index contributed by atoms with van der Waals surface area (Å²) in [7, 11) is 0. The Labute approximate surface area is 162 Å². The highest BCUT2D eigenvalue weighted by atomic mass is 35.5. The molecule has 3 nitrogen and oxygen atoms in total. The van der Waals surface area contributed by atoms with E-state index in [1.165, 1.54) is 5.57 Å². The third kappa shape index (κ3) is 2.95. The van der Waals surface area contributed by atoms with Gasteiger partial charge in [-0.05, 0) is 49.4 Å². The first-order chi connectivity index (χ1) is 12.6. The van der Waals surface area contributed by atoms with E-state index in [0.717, 1.165) is 42.4 Å². The van der Waals surface area contributed by atoms with Crippen LogP contribution in [0.5, 0.6) is 0 Å². The molecule has 0 aliphatic heterocycles. The summed E-state index contributed by atoms with van der Waals surface area (Å²) >= 11 is 12.3. The number of anilines is 1. The molecule has 2 aromatic rings. The Morgan fingerprint density at radius 2 is 1.65 bits per heavy atom. The maximum Gasteiger partial charge on any atom is 0.258 e. The van der Waals surface area contributed by atoms with Crippen molar-refractivity contribution >= 4 is 46.2 Å². The molecular weight excluding hydrogens is 369 g/mol. The van der Waals surface area contributed by atoms with Crippen molar-refractivity contribution < 1.29 is 9.59 Å². The van der Waals surface area contributed by atoms with Crippen molar-refractivity contribution in [3.8, 4) is 0 Å². The fourth-order valence-corrected chi connectivity index (χ4v) is 4.41. The average molecular weight is 386 g/mol. The van der Waals surface area contributed by atoms with Crippen LogP contribution in [0.15, 0.2) is 42.0 Å². The maximum absolute atomic E-state index is 12.8. The zero-order valence-corrected chi connectivity index (χ0v) is 15.6. The minimum Gasteiger partial charge on any atom is -0.321 e. The fraction of sp³-hybridized carbons (Fsp3) is 0.238. The van der Waals surface area contributed by atoms with Gasteiger partial charge < -0.3 is 5.32 Å². The summed E-state index contributed by atoms with van der Waals surface area (Å²) in [6.07, 6.45) is 4.25. The summed E-state index contributed by atoms with van der Waals surface area (Å²) in [6, 6.07) is 10.7. The third-order valence-corrected chi connectivity index (χ3v) is 5.64. The van der Waals surface area contributed by atoms with Crippen molar-refractivity contribution in [2.75, 3.05) is 5.32 Å². The van der Waals surface area contributed by atoms with Gasteiger partial charge in [0.2, 0.25) is 0 Å². The van der Waals surface area contributed by atoms with Gasteiger partial charge in [0.25, 0.3) is 5.91 Å². The van der Waals surface area contributed by atoms with E-state index in [1.807, 2.05) is 18.2 Å². The van der Waals surface area contributed by atoms with E-state index in [-0.39, 0.29) is 17.3 Å². The second-order valence-electron chi connectivity index (χ2n) is 6.68. The Kier molecular flexibility index (Phi) is 4.60. The summed E-state index contributed by atoms with van der Waals surface area (Å²) < 4.78 is 0. The maximum atomic E-state index is 12.8. The molecule has 4 rings (SSSR count). The molecule has 0 heterocycles. The quantitative estimate of drug-likeness (QED) is 0.720. The molecule has 1 amide bonds. The minimum atomic E-state index is -0.371. The van der Waals surface area contributed by atoms with Gasteiger partial charge in [-0.2, -0.15) is 0 Å². The summed E-state index contributed by atoms with van der Waals surface area (Å²) in [5.41, 5.74) is 4.84. The van der Waals surface area contributed by atoms with Crippen LogP contribution in [0.25, 0.3) is 5.57 Å². The standard InChI is InChI=1S/C21H17Cl2NO2/c22-14-7-4-8-15(23)20(14)21(26)24-16-9-3-6-12-11-13-5-1-2-10-17(25)19(13)18(12)16/h3-4,6-9H,1-2,5,10-11H2,(H,24,26). The number of nitrogens with one attached hydrogen (secondary N) is 1. The SMILES string of the molecule is O=C1CCCCC2=C1c1c(cccc1NC(=O)c1c(Cl)cccc1Cl)C2. The molecule has 0 saturated heterocycles. The van der Waals surface area contributed by atoms with E-state index in [1.54, 1.807) is 18.2 Å². The van der Waals surface area contributed by atoms with Crippen molar-refractivity contribution in [2.24, 2.45) is 0 Å². The molecule has 2 aliphatic carbocycles. The van der Waals surface area contributed by atoms with Crippen molar-refractivity contribution in [1.29, 1.82) is 0 Å². The van der Waals surface area contributed by atoms with Crippen molar-refractivity contribution in [3.63, 3.8) is 0 Å². The molecule has 0 unspecified atom stereocenters. The third-order valence-electron chi connectivity index (χ3n) is 5.01. The number of fused-ring (bicyclic) bond motifs is 2. The van der Waals surface area contributed by atoms with Gasteiger partial charge in [0.1, 0.15) is 0 Å². The number of hydrogen-bond acceptors (Lipinski definition) is 2. The molecule has 5 heteroatoms. The second kappa shape index (κ2) is 6.90. The smallest absolute Gasteiger partial charge is 0.258 e. The molecule has 0 atom stereocenters. The van der Waals surface area contributed by atoms with Gasteiger partial charge in [-0.25, -0.2) is 0 Å². The Morgan fingerprint density at radius 1 is 0.962 bits per heavy atom. The van der Waals surface area contributed by atoms with Gasteiger partial charge in [0.05, 0.1) is 15.6 Å². The molecule has 0 saturated carbocycles. The lowest BCUT2D eigenvalue weighted by atomic mass is 9.98. The lowest BCUT2D eigenvalue weighted by molar-refractivity contribution is -0.113. The predicted molar refractivity (Wildman–Crippen MR) is 105 cm³/mol. The van der Waals surface area contributed by atoms with E-state index in [2.05, 4.69) is 5.32 Å². The van der Waals surface area contributed by atoms with Crippen molar-refractivity contribution in [1.82, 2.24) is 0 Å². The van der Waals surface area contributed by atoms with Crippen LogP contribution in [0.4, 0.5) is 5.69 Å². The van der Waals surface area contributed by atoms with Crippen LogP contribution >= 0.6 is 23.2 Å². The van der Waals surface area contributed by atoms with E-state index in [9.17, 15) is 9.59 Å². The summed E-state index contributed by atoms with van der Waals surface area (Å²) in [5, 5.41) is 3.52. The number of hydrogen-bond donors (Lipinski definition) is 1. The average Bonchev–Trinajstić information content (AvgIpc) is 2.88. The van der Waals surface area contributed by atoms with E-state index in [4.69, 9.17) is 23.2 Å². The van der Waals surface area contributed by atoms with Crippen LogP contribution in [0.1, 0.15) is 47.2 Å². The monoisotopic (exact) mass is 385 g/mol. The number of halogens is 2. The number of benzene rings is 2. The van der Waals surface area contributed by atoms with Gasteiger partial charge in [-0.1, -0.05) is 47.0 Å². The van der Waals surface area contributed by atoms with Crippen LogP contribution in [0.2, 0.25) is 10.0 Å². The Morgan fingerprint density at radius 3 is 2.42 bits per heavy atom. The molecule has 2 aliphatic rings. The number of ketones is 1. The van der Waals surface area contributed by atoms with E-state index >= 15 is 0 Å². The molecule has 0 radical (unpaired) electrons. The van der Waals surface area contributed by atoms with E-state index < -0.39 is 0 Å².